The molecule has 2 aromatic carbocycles. The topological polar surface area (TPSA) is 115 Å². The third-order valence-corrected chi connectivity index (χ3v) is 5.28. The normalized spacial score (nSPS) is 14.4. The van der Waals surface area contributed by atoms with E-state index in [1.54, 1.807) is 0 Å². The van der Waals surface area contributed by atoms with Crippen LogP contribution < -0.4 is 4.90 Å². The zero-order chi connectivity index (χ0) is 20.1. The van der Waals surface area contributed by atoms with Crippen LogP contribution in [0.4, 0.5) is 24.5 Å². The number of amides is 2. The first-order valence-electron chi connectivity index (χ1n) is 7.04. The molecule has 0 aromatic heterocycles. The van der Waals surface area contributed by atoms with Crippen molar-refractivity contribution in [3.8, 4) is 0 Å². The van der Waals surface area contributed by atoms with Crippen molar-refractivity contribution in [3.05, 3.63) is 63.7 Å². The minimum absolute atomic E-state index is 0.0382. The van der Waals surface area contributed by atoms with Crippen molar-refractivity contribution in [3.63, 3.8) is 0 Å². The van der Waals surface area contributed by atoms with E-state index >= 15 is 0 Å². The maximum Gasteiger partial charge on any atom is 0.501 e. The van der Waals surface area contributed by atoms with Crippen molar-refractivity contribution in [2.24, 2.45) is 0 Å². The van der Waals surface area contributed by atoms with E-state index in [0.717, 1.165) is 0 Å². The van der Waals surface area contributed by atoms with Crippen LogP contribution >= 0.6 is 0 Å². The number of hydrogen-bond acceptors (Lipinski definition) is 6. The molecule has 1 aliphatic heterocycles. The van der Waals surface area contributed by atoms with Gasteiger partial charge >= 0.3 is 5.51 Å². The van der Waals surface area contributed by atoms with Crippen LogP contribution in [0.15, 0.2) is 47.4 Å². The molecule has 1 heterocycles. The highest BCUT2D eigenvalue weighted by Gasteiger charge is 2.48. The Labute approximate surface area is 148 Å². The molecule has 2 aromatic rings. The van der Waals surface area contributed by atoms with E-state index in [2.05, 4.69) is 0 Å². The molecule has 8 nitrogen and oxygen atoms in total. The first-order valence-corrected chi connectivity index (χ1v) is 8.52. The monoisotopic (exact) mass is 400 g/mol. The van der Waals surface area contributed by atoms with Gasteiger partial charge in [0, 0.05) is 6.07 Å². The molecule has 2 amide bonds. The predicted molar refractivity (Wildman–Crippen MR) is 83.9 cm³/mol. The summed E-state index contributed by atoms with van der Waals surface area (Å²) in [5.41, 5.74) is -7.51. The molecule has 1 aliphatic rings. The Bertz CT molecular complexity index is 1080. The number of nitro groups is 1. The number of carbonyl (C=O) groups is 2. The number of imide groups is 1. The summed E-state index contributed by atoms with van der Waals surface area (Å²) in [5.74, 6) is -1.82. The predicted octanol–water partition coefficient (Wildman–Crippen LogP) is 2.69. The Morgan fingerprint density at radius 1 is 0.963 bits per heavy atom. The number of alkyl halides is 3. The molecule has 0 spiro atoms. The van der Waals surface area contributed by atoms with Gasteiger partial charge in [-0.1, -0.05) is 12.1 Å². The van der Waals surface area contributed by atoms with Gasteiger partial charge in [0.15, 0.2) is 0 Å². The number of carbonyl (C=O) groups excluding carboxylic acids is 2. The van der Waals surface area contributed by atoms with Gasteiger partial charge in [-0.3, -0.25) is 19.7 Å². The lowest BCUT2D eigenvalue weighted by molar-refractivity contribution is -0.384. The number of sulfone groups is 1. The zero-order valence-electron chi connectivity index (χ0n) is 12.9. The minimum atomic E-state index is -5.85. The van der Waals surface area contributed by atoms with Crippen molar-refractivity contribution in [1.82, 2.24) is 0 Å². The number of nitrogens with zero attached hydrogens (tertiary/aromatic N) is 2. The van der Waals surface area contributed by atoms with Crippen LogP contribution in [0.2, 0.25) is 0 Å². The molecule has 140 valence electrons. The summed E-state index contributed by atoms with van der Waals surface area (Å²) >= 11 is 0. The quantitative estimate of drug-likeness (QED) is 0.445. The summed E-state index contributed by atoms with van der Waals surface area (Å²) in [6, 6.07) is 6.78. The molecule has 3 rings (SSSR count). The fourth-order valence-electron chi connectivity index (χ4n) is 2.55. The minimum Gasteiger partial charge on any atom is -0.268 e. The van der Waals surface area contributed by atoms with Crippen molar-refractivity contribution >= 4 is 33.0 Å². The number of fused-ring (bicyclic) bond motifs is 1. The van der Waals surface area contributed by atoms with Crippen LogP contribution in [0.3, 0.4) is 0 Å². The Morgan fingerprint density at radius 3 is 1.93 bits per heavy atom. The summed E-state index contributed by atoms with van der Waals surface area (Å²) in [6.45, 7) is 0. The van der Waals surface area contributed by atoms with Gasteiger partial charge in [-0.15, -0.1) is 0 Å². The fraction of sp³-hybridized carbons (Fsp3) is 0.0667. The first-order chi connectivity index (χ1) is 12.5. The van der Waals surface area contributed by atoms with E-state index in [4.69, 9.17) is 0 Å². The van der Waals surface area contributed by atoms with Crippen molar-refractivity contribution < 1.29 is 36.1 Å². The summed E-state index contributed by atoms with van der Waals surface area (Å²) in [7, 11) is -5.85. The average molecular weight is 400 g/mol. The maximum absolute atomic E-state index is 12.7. The van der Waals surface area contributed by atoms with E-state index in [9.17, 15) is 41.3 Å². The van der Waals surface area contributed by atoms with Gasteiger partial charge in [0.05, 0.1) is 20.9 Å². The third kappa shape index (κ3) is 2.73. The van der Waals surface area contributed by atoms with Crippen molar-refractivity contribution in [2.75, 3.05) is 4.90 Å². The number of anilines is 1. The second kappa shape index (κ2) is 5.87. The molecule has 12 heteroatoms. The number of nitro benzene ring substituents is 1. The Kier molecular flexibility index (Phi) is 4.03. The summed E-state index contributed by atoms with van der Waals surface area (Å²) in [4.78, 5) is 34.0. The highest BCUT2D eigenvalue weighted by atomic mass is 32.2. The van der Waals surface area contributed by atoms with Gasteiger partial charge in [-0.25, -0.2) is 13.3 Å². The third-order valence-electron chi connectivity index (χ3n) is 3.79. The first kappa shape index (κ1) is 18.5. The van der Waals surface area contributed by atoms with Gasteiger partial charge in [0.25, 0.3) is 27.3 Å². The molecule has 27 heavy (non-hydrogen) atoms. The Morgan fingerprint density at radius 2 is 1.48 bits per heavy atom. The van der Waals surface area contributed by atoms with E-state index in [-0.39, 0.29) is 17.2 Å². The second-order valence-corrected chi connectivity index (χ2v) is 7.29. The fourth-order valence-corrected chi connectivity index (χ4v) is 3.33. The van der Waals surface area contributed by atoms with Crippen LogP contribution in [-0.4, -0.2) is 30.7 Å². The number of rotatable bonds is 3. The van der Waals surface area contributed by atoms with E-state index in [1.807, 2.05) is 0 Å². The molecular weight excluding hydrogens is 393 g/mol. The molecule has 0 fully saturated rings. The lowest BCUT2D eigenvalue weighted by Gasteiger charge is -2.15. The molecular formula is C15H7F3N2O6S. The highest BCUT2D eigenvalue weighted by Crippen LogP contribution is 2.38. The van der Waals surface area contributed by atoms with E-state index in [1.165, 1.54) is 24.3 Å². The van der Waals surface area contributed by atoms with Crippen molar-refractivity contribution in [2.45, 2.75) is 10.4 Å². The van der Waals surface area contributed by atoms with Gasteiger partial charge in [0.2, 0.25) is 0 Å². The number of halogens is 3. The summed E-state index contributed by atoms with van der Waals surface area (Å²) < 4.78 is 61.0. The smallest absolute Gasteiger partial charge is 0.268 e. The van der Waals surface area contributed by atoms with Gasteiger partial charge < -0.3 is 0 Å². The molecule has 0 saturated carbocycles. The largest absolute Gasteiger partial charge is 0.501 e. The summed E-state index contributed by atoms with van der Waals surface area (Å²) in [5, 5.41) is 11.3. The SMILES string of the molecule is O=C1c2ccccc2C(=O)N1c1ccc(S(=O)(=O)C(F)(F)F)cc1[N+](=O)[O-]. The molecule has 0 N–H and O–H groups in total. The van der Waals surface area contributed by atoms with Crippen LogP contribution in [0.5, 0.6) is 0 Å². The van der Waals surface area contributed by atoms with Gasteiger partial charge in [-0.05, 0) is 24.3 Å². The van der Waals surface area contributed by atoms with Crippen molar-refractivity contribution in [1.29, 1.82) is 0 Å². The van der Waals surface area contributed by atoms with Gasteiger partial charge in [0.1, 0.15) is 5.69 Å². The van der Waals surface area contributed by atoms with E-state index in [0.29, 0.717) is 17.0 Å². The van der Waals surface area contributed by atoms with E-state index < -0.39 is 48.4 Å². The summed E-state index contributed by atoms with van der Waals surface area (Å²) in [6.07, 6.45) is 0. The Hall–Kier alpha value is -3.28. The number of hydrogen-bond donors (Lipinski definition) is 0. The molecule has 0 bridgehead atoms. The lowest BCUT2D eigenvalue weighted by atomic mass is 10.1. The molecule has 0 radical (unpaired) electrons. The Balaban J connectivity index is 2.18. The van der Waals surface area contributed by atoms with Crippen LogP contribution in [0.25, 0.3) is 0 Å². The molecule has 0 saturated heterocycles. The second-order valence-electron chi connectivity index (χ2n) is 5.35. The van der Waals surface area contributed by atoms with Crippen LogP contribution in [-0.2, 0) is 9.84 Å². The zero-order valence-corrected chi connectivity index (χ0v) is 13.7. The van der Waals surface area contributed by atoms with Crippen LogP contribution in [0, 0.1) is 10.1 Å². The maximum atomic E-state index is 12.7. The van der Waals surface area contributed by atoms with Gasteiger partial charge in [-0.2, -0.15) is 13.2 Å². The molecule has 0 atom stereocenters. The average Bonchev–Trinajstić information content (AvgIpc) is 2.85. The highest BCUT2D eigenvalue weighted by molar-refractivity contribution is 7.92. The standard InChI is InChI=1S/C15H7F3N2O6S/c16-15(17,18)27(25,26)8-5-6-11(12(7-8)20(23)24)19-13(21)9-3-1-2-4-10(9)14(19)22/h1-7H. The van der Waals surface area contributed by atoms with Crippen LogP contribution in [0.1, 0.15) is 20.7 Å². The number of benzene rings is 2. The molecule has 0 unspecified atom stereocenters. The molecule has 0 aliphatic carbocycles. The lowest BCUT2D eigenvalue weighted by Crippen LogP contribution is -2.30.